The van der Waals surface area contributed by atoms with Crippen LogP contribution in [-0.4, -0.2) is 24.0 Å². The lowest BCUT2D eigenvalue weighted by atomic mass is 9.75. The van der Waals surface area contributed by atoms with E-state index in [9.17, 15) is 13.2 Å². The largest absolute Gasteiger partial charge is 0.295 e. The van der Waals surface area contributed by atoms with E-state index in [1.54, 1.807) is 16.4 Å². The van der Waals surface area contributed by atoms with Gasteiger partial charge in [-0.2, -0.15) is 4.31 Å². The van der Waals surface area contributed by atoms with Gasteiger partial charge in [0.1, 0.15) is 0 Å². The summed E-state index contributed by atoms with van der Waals surface area (Å²) < 4.78 is 28.6. The fourth-order valence-corrected chi connectivity index (χ4v) is 6.11. The average Bonchev–Trinajstić information content (AvgIpc) is 2.66. The van der Waals surface area contributed by atoms with Crippen LogP contribution in [0.5, 0.6) is 0 Å². The molecule has 27 heavy (non-hydrogen) atoms. The molecule has 0 bridgehead atoms. The molecule has 0 unspecified atom stereocenters. The molecule has 0 N–H and O–H groups in total. The molecule has 144 valence electrons. The first-order valence-electron chi connectivity index (χ1n) is 9.17. The highest BCUT2D eigenvalue weighted by Crippen LogP contribution is 2.43. The van der Waals surface area contributed by atoms with Gasteiger partial charge in [0.2, 0.25) is 10.0 Å². The number of carbonyl (C=O) groups is 1. The summed E-state index contributed by atoms with van der Waals surface area (Å²) in [7, 11) is -3.71. The molecule has 3 rings (SSSR count). The second-order valence-corrected chi connectivity index (χ2v) is 10.5. The van der Waals surface area contributed by atoms with Crippen molar-refractivity contribution >= 4 is 15.8 Å². The van der Waals surface area contributed by atoms with E-state index in [0.717, 1.165) is 5.56 Å². The van der Waals surface area contributed by atoms with Gasteiger partial charge in [0.15, 0.2) is 5.78 Å². The van der Waals surface area contributed by atoms with E-state index in [4.69, 9.17) is 0 Å². The Kier molecular flexibility index (Phi) is 4.81. The molecule has 4 nitrogen and oxygen atoms in total. The van der Waals surface area contributed by atoms with Crippen molar-refractivity contribution in [2.45, 2.75) is 63.4 Å². The second kappa shape index (κ2) is 6.57. The molecule has 0 atom stereocenters. The first-order chi connectivity index (χ1) is 12.4. The zero-order valence-corrected chi connectivity index (χ0v) is 17.4. The highest BCUT2D eigenvalue weighted by atomic mass is 32.2. The monoisotopic (exact) mass is 385 g/mol. The van der Waals surface area contributed by atoms with Crippen LogP contribution in [0.2, 0.25) is 0 Å². The molecule has 0 spiro atoms. The van der Waals surface area contributed by atoms with Crippen molar-refractivity contribution < 1.29 is 13.2 Å². The fourth-order valence-electron chi connectivity index (χ4n) is 4.35. The van der Waals surface area contributed by atoms with E-state index < -0.39 is 15.6 Å². The predicted molar refractivity (Wildman–Crippen MR) is 107 cm³/mol. The zero-order chi connectivity index (χ0) is 20.0. The average molecular weight is 386 g/mol. The van der Waals surface area contributed by atoms with Gasteiger partial charge < -0.3 is 0 Å². The van der Waals surface area contributed by atoms with Crippen LogP contribution in [-0.2, 0) is 22.0 Å². The Hall–Kier alpha value is -1.98. The number of ketones is 1. The van der Waals surface area contributed by atoms with E-state index in [-0.39, 0.29) is 16.1 Å². The van der Waals surface area contributed by atoms with Crippen LogP contribution in [0.25, 0.3) is 0 Å². The summed E-state index contributed by atoms with van der Waals surface area (Å²) in [5.41, 5.74) is 2.05. The van der Waals surface area contributed by atoms with Crippen molar-refractivity contribution in [1.29, 1.82) is 0 Å². The summed E-state index contributed by atoms with van der Waals surface area (Å²) in [6.07, 6.45) is 0.710. The maximum absolute atomic E-state index is 13.5. The summed E-state index contributed by atoms with van der Waals surface area (Å²) in [5, 5.41) is 0. The van der Waals surface area contributed by atoms with Crippen LogP contribution < -0.4 is 0 Å². The van der Waals surface area contributed by atoms with Gasteiger partial charge in [0, 0.05) is 17.6 Å². The molecule has 1 aliphatic rings. The molecule has 0 aliphatic carbocycles. The first kappa shape index (κ1) is 19.8. The Morgan fingerprint density at radius 3 is 2.15 bits per heavy atom. The van der Waals surface area contributed by atoms with E-state index in [1.165, 1.54) is 24.6 Å². The Bertz CT molecular complexity index is 973. The highest BCUT2D eigenvalue weighted by Gasteiger charge is 2.44. The van der Waals surface area contributed by atoms with Gasteiger partial charge in [-0.1, -0.05) is 50.2 Å². The number of fused-ring (bicyclic) bond motifs is 1. The van der Waals surface area contributed by atoms with E-state index in [2.05, 4.69) is 19.9 Å². The minimum atomic E-state index is -3.71. The Balaban J connectivity index is 2.10. The number of sulfonamides is 1. The van der Waals surface area contributed by atoms with Crippen molar-refractivity contribution in [2.75, 3.05) is 0 Å². The third kappa shape index (κ3) is 3.58. The zero-order valence-electron chi connectivity index (χ0n) is 16.6. The summed E-state index contributed by atoms with van der Waals surface area (Å²) in [4.78, 5) is 11.7. The minimum Gasteiger partial charge on any atom is -0.295 e. The Labute approximate surface area is 162 Å². The highest BCUT2D eigenvalue weighted by molar-refractivity contribution is 7.89. The molecule has 0 amide bonds. The molecule has 5 heteroatoms. The van der Waals surface area contributed by atoms with E-state index in [1.807, 2.05) is 32.0 Å². The SMILES string of the molecule is CC(=O)c1ccc(S(=O)(=O)N2Cc3ccccc3C(C)(C)CC2(C)C)cc1. The molecule has 0 saturated heterocycles. The summed E-state index contributed by atoms with van der Waals surface area (Å²) in [5.74, 6) is -0.0790. The molecule has 2 aromatic rings. The fraction of sp³-hybridized carbons (Fsp3) is 0.409. The summed E-state index contributed by atoms with van der Waals surface area (Å²) >= 11 is 0. The van der Waals surface area contributed by atoms with Gasteiger partial charge in [-0.15, -0.1) is 0 Å². The van der Waals surface area contributed by atoms with Crippen LogP contribution in [0, 0.1) is 0 Å². The van der Waals surface area contributed by atoms with Crippen LogP contribution in [0.15, 0.2) is 53.4 Å². The topological polar surface area (TPSA) is 54.5 Å². The standard InChI is InChI=1S/C22H27NO3S/c1-16(24)17-10-12-19(13-11-17)27(25,26)23-14-18-8-6-7-9-20(18)21(2,3)15-22(23,4)5/h6-13H,14-15H2,1-5H3. The molecule has 0 fully saturated rings. The predicted octanol–water partition coefficient (Wildman–Crippen LogP) is 4.54. The summed E-state index contributed by atoms with van der Waals surface area (Å²) in [6.45, 7) is 10.1. The number of Topliss-reactive ketones (excluding diaryl/α,β-unsaturated/α-hetero) is 1. The molecule has 0 radical (unpaired) electrons. The normalized spacial score (nSPS) is 19.1. The Morgan fingerprint density at radius 1 is 0.963 bits per heavy atom. The number of hydrogen-bond acceptors (Lipinski definition) is 3. The number of benzene rings is 2. The molecule has 1 heterocycles. The number of rotatable bonds is 3. The van der Waals surface area contributed by atoms with Crippen molar-refractivity contribution in [3.05, 3.63) is 65.2 Å². The number of hydrogen-bond donors (Lipinski definition) is 0. The van der Waals surface area contributed by atoms with Crippen LogP contribution in [0.4, 0.5) is 0 Å². The smallest absolute Gasteiger partial charge is 0.243 e. The maximum Gasteiger partial charge on any atom is 0.243 e. The third-order valence-electron chi connectivity index (χ3n) is 5.46. The minimum absolute atomic E-state index is 0.0790. The number of carbonyl (C=O) groups excluding carboxylic acids is 1. The van der Waals surface area contributed by atoms with E-state index >= 15 is 0 Å². The first-order valence-corrected chi connectivity index (χ1v) is 10.6. The van der Waals surface area contributed by atoms with Gasteiger partial charge in [0.25, 0.3) is 0 Å². The maximum atomic E-state index is 13.5. The van der Waals surface area contributed by atoms with Gasteiger partial charge in [0.05, 0.1) is 4.90 Å². The second-order valence-electron chi connectivity index (χ2n) is 8.62. The van der Waals surface area contributed by atoms with Crippen LogP contribution in [0.1, 0.15) is 62.5 Å². The van der Waals surface area contributed by atoms with Gasteiger partial charge in [-0.05, 0) is 55.9 Å². The quantitative estimate of drug-likeness (QED) is 0.729. The van der Waals surface area contributed by atoms with Gasteiger partial charge in [-0.25, -0.2) is 8.42 Å². The lowest BCUT2D eigenvalue weighted by Gasteiger charge is -2.39. The van der Waals surface area contributed by atoms with Crippen LogP contribution in [0.3, 0.4) is 0 Å². The third-order valence-corrected chi connectivity index (χ3v) is 7.53. The lowest BCUT2D eigenvalue weighted by Crippen LogP contribution is -2.48. The van der Waals surface area contributed by atoms with Gasteiger partial charge in [-0.3, -0.25) is 4.79 Å². The van der Waals surface area contributed by atoms with Gasteiger partial charge >= 0.3 is 0 Å². The molecular weight excluding hydrogens is 358 g/mol. The molecule has 0 saturated carbocycles. The van der Waals surface area contributed by atoms with Crippen molar-refractivity contribution in [1.82, 2.24) is 4.31 Å². The summed E-state index contributed by atoms with van der Waals surface area (Å²) in [6, 6.07) is 14.3. The molecule has 0 aromatic heterocycles. The van der Waals surface area contributed by atoms with Crippen LogP contribution >= 0.6 is 0 Å². The Morgan fingerprint density at radius 2 is 1.56 bits per heavy atom. The molecule has 2 aromatic carbocycles. The van der Waals surface area contributed by atoms with Crippen molar-refractivity contribution in [3.8, 4) is 0 Å². The number of nitrogens with zero attached hydrogens (tertiary/aromatic N) is 1. The van der Waals surface area contributed by atoms with E-state index in [0.29, 0.717) is 18.5 Å². The molecule has 1 aliphatic heterocycles. The van der Waals surface area contributed by atoms with Crippen molar-refractivity contribution in [2.24, 2.45) is 0 Å². The lowest BCUT2D eigenvalue weighted by molar-refractivity contribution is 0.101. The van der Waals surface area contributed by atoms with Crippen molar-refractivity contribution in [3.63, 3.8) is 0 Å². The molecular formula is C22H27NO3S.